The van der Waals surface area contributed by atoms with Gasteiger partial charge in [-0.05, 0) is 42.8 Å². The number of rotatable bonds is 8. The number of hydrazone groups is 1. The number of hydrogen-bond donors (Lipinski definition) is 1. The molecule has 0 amide bonds. The summed E-state index contributed by atoms with van der Waals surface area (Å²) >= 11 is 0. The lowest BCUT2D eigenvalue weighted by Crippen LogP contribution is -2.37. The third-order valence-corrected chi connectivity index (χ3v) is 5.00. The Kier molecular flexibility index (Phi) is 6.96. The van der Waals surface area contributed by atoms with Crippen molar-refractivity contribution in [2.45, 2.75) is 13.8 Å². The van der Waals surface area contributed by atoms with E-state index in [1.807, 2.05) is 49.1 Å². The standard InChI is InChI=1S/C23H26FN5O3/c1-3-31-17-7-5-16-6-8-21(32-4-2)19(18(16)13-17)14-26-28-23-25-15-20(24)22(27-23)29-9-11-30-12-10-29/h5-8,13-15H,3-4,9-12H2,1-2H3,(H,25,27,28)/b26-14-. The third-order valence-electron chi connectivity index (χ3n) is 5.00. The van der Waals surface area contributed by atoms with Crippen molar-refractivity contribution in [2.75, 3.05) is 49.8 Å². The maximum Gasteiger partial charge on any atom is 0.245 e. The fourth-order valence-corrected chi connectivity index (χ4v) is 3.54. The van der Waals surface area contributed by atoms with E-state index in [1.54, 1.807) is 6.21 Å². The predicted octanol–water partition coefficient (Wildman–Crippen LogP) is 3.85. The second kappa shape index (κ2) is 10.2. The maximum absolute atomic E-state index is 14.3. The van der Waals surface area contributed by atoms with Crippen LogP contribution in [0.25, 0.3) is 10.8 Å². The monoisotopic (exact) mass is 439 g/mol. The van der Waals surface area contributed by atoms with Gasteiger partial charge in [0.05, 0.1) is 38.8 Å². The largest absolute Gasteiger partial charge is 0.494 e. The number of hydrogen-bond acceptors (Lipinski definition) is 8. The first-order valence-corrected chi connectivity index (χ1v) is 10.7. The molecule has 0 atom stereocenters. The van der Waals surface area contributed by atoms with Gasteiger partial charge in [0.2, 0.25) is 5.95 Å². The summed E-state index contributed by atoms with van der Waals surface area (Å²) in [5, 5.41) is 6.29. The highest BCUT2D eigenvalue weighted by atomic mass is 19.1. The van der Waals surface area contributed by atoms with Crippen LogP contribution < -0.4 is 19.8 Å². The summed E-state index contributed by atoms with van der Waals surface area (Å²) in [7, 11) is 0. The molecule has 1 N–H and O–H groups in total. The van der Waals surface area contributed by atoms with Crippen molar-refractivity contribution >= 4 is 28.8 Å². The van der Waals surface area contributed by atoms with E-state index < -0.39 is 5.82 Å². The molecule has 0 aliphatic carbocycles. The molecule has 3 aromatic rings. The fraction of sp³-hybridized carbons (Fsp3) is 0.348. The SMILES string of the molecule is CCOc1ccc2ccc(OCC)c(/C=N\Nc3ncc(F)c(N4CCOCC4)n3)c2c1. The molecule has 1 aliphatic rings. The average molecular weight is 439 g/mol. The third kappa shape index (κ3) is 4.88. The van der Waals surface area contributed by atoms with Crippen LogP contribution in [-0.2, 0) is 4.74 Å². The number of halogens is 1. The van der Waals surface area contributed by atoms with E-state index >= 15 is 0 Å². The summed E-state index contributed by atoms with van der Waals surface area (Å²) in [6.45, 7) is 7.20. The Morgan fingerprint density at radius 1 is 1.16 bits per heavy atom. The van der Waals surface area contributed by atoms with Gasteiger partial charge in [0.15, 0.2) is 11.6 Å². The maximum atomic E-state index is 14.3. The Morgan fingerprint density at radius 2 is 1.94 bits per heavy atom. The number of aromatic nitrogens is 2. The first-order valence-electron chi connectivity index (χ1n) is 10.7. The van der Waals surface area contributed by atoms with Gasteiger partial charge in [0.25, 0.3) is 0 Å². The number of nitrogens with zero attached hydrogens (tertiary/aromatic N) is 4. The Morgan fingerprint density at radius 3 is 2.72 bits per heavy atom. The van der Waals surface area contributed by atoms with Crippen molar-refractivity contribution < 1.29 is 18.6 Å². The van der Waals surface area contributed by atoms with Crippen LogP contribution in [-0.4, -0.2) is 55.7 Å². The molecular weight excluding hydrogens is 413 g/mol. The van der Waals surface area contributed by atoms with Crippen molar-refractivity contribution in [3.63, 3.8) is 0 Å². The highest BCUT2D eigenvalue weighted by Crippen LogP contribution is 2.30. The van der Waals surface area contributed by atoms with Gasteiger partial charge in [-0.15, -0.1) is 0 Å². The van der Waals surface area contributed by atoms with Gasteiger partial charge in [-0.3, -0.25) is 0 Å². The second-order valence-electron chi connectivity index (χ2n) is 7.06. The van der Waals surface area contributed by atoms with E-state index in [4.69, 9.17) is 14.2 Å². The van der Waals surface area contributed by atoms with Crippen LogP contribution in [0.3, 0.4) is 0 Å². The highest BCUT2D eigenvalue weighted by Gasteiger charge is 2.17. The molecule has 0 unspecified atom stereocenters. The van der Waals surface area contributed by atoms with Crippen LogP contribution in [0.5, 0.6) is 11.5 Å². The van der Waals surface area contributed by atoms with Gasteiger partial charge in [-0.25, -0.2) is 14.8 Å². The van der Waals surface area contributed by atoms with Gasteiger partial charge < -0.3 is 19.1 Å². The Hall–Kier alpha value is -3.46. The molecule has 4 rings (SSSR count). The molecule has 32 heavy (non-hydrogen) atoms. The summed E-state index contributed by atoms with van der Waals surface area (Å²) in [6, 6.07) is 9.81. The molecule has 0 spiro atoms. The molecule has 1 aromatic heterocycles. The lowest BCUT2D eigenvalue weighted by atomic mass is 10.0. The number of morpholine rings is 1. The van der Waals surface area contributed by atoms with Crippen molar-refractivity contribution in [3.8, 4) is 11.5 Å². The van der Waals surface area contributed by atoms with Crippen LogP contribution in [0.1, 0.15) is 19.4 Å². The van der Waals surface area contributed by atoms with Crippen LogP contribution in [0.2, 0.25) is 0 Å². The van der Waals surface area contributed by atoms with Gasteiger partial charge in [-0.2, -0.15) is 10.1 Å². The minimum absolute atomic E-state index is 0.206. The number of fused-ring (bicyclic) bond motifs is 1. The van der Waals surface area contributed by atoms with Crippen LogP contribution in [0.15, 0.2) is 41.6 Å². The minimum atomic E-state index is -0.474. The topological polar surface area (TPSA) is 81.1 Å². The fourth-order valence-electron chi connectivity index (χ4n) is 3.54. The molecular formula is C23H26FN5O3. The highest BCUT2D eigenvalue weighted by molar-refractivity contribution is 6.03. The smallest absolute Gasteiger partial charge is 0.245 e. The van der Waals surface area contributed by atoms with Gasteiger partial charge in [0.1, 0.15) is 11.5 Å². The molecule has 0 radical (unpaired) electrons. The first kappa shape index (κ1) is 21.8. The van der Waals surface area contributed by atoms with E-state index in [0.29, 0.717) is 45.3 Å². The lowest BCUT2D eigenvalue weighted by molar-refractivity contribution is 0.122. The Bertz CT molecular complexity index is 1100. The zero-order chi connectivity index (χ0) is 22.3. The molecule has 0 saturated carbocycles. The molecule has 1 fully saturated rings. The van der Waals surface area contributed by atoms with Crippen LogP contribution in [0, 0.1) is 5.82 Å². The van der Waals surface area contributed by atoms with E-state index in [1.165, 1.54) is 0 Å². The van der Waals surface area contributed by atoms with Crippen molar-refractivity contribution in [1.29, 1.82) is 0 Å². The number of nitrogens with one attached hydrogen (secondary N) is 1. The van der Waals surface area contributed by atoms with Gasteiger partial charge in [0, 0.05) is 18.7 Å². The summed E-state index contributed by atoms with van der Waals surface area (Å²) < 4.78 is 31.0. The molecule has 8 nitrogen and oxygen atoms in total. The predicted molar refractivity (Wildman–Crippen MR) is 123 cm³/mol. The Labute approximate surface area is 186 Å². The molecule has 2 aromatic carbocycles. The molecule has 1 aliphatic heterocycles. The van der Waals surface area contributed by atoms with E-state index in [-0.39, 0.29) is 11.8 Å². The van der Waals surface area contributed by atoms with Crippen molar-refractivity contribution in [1.82, 2.24) is 9.97 Å². The van der Waals surface area contributed by atoms with Gasteiger partial charge in [-0.1, -0.05) is 12.1 Å². The van der Waals surface area contributed by atoms with Crippen LogP contribution in [0.4, 0.5) is 16.2 Å². The van der Waals surface area contributed by atoms with Crippen LogP contribution >= 0.6 is 0 Å². The molecule has 1 saturated heterocycles. The van der Waals surface area contributed by atoms with E-state index in [9.17, 15) is 4.39 Å². The average Bonchev–Trinajstić information content (AvgIpc) is 2.82. The summed E-state index contributed by atoms with van der Waals surface area (Å²) in [5.74, 6) is 1.44. The number of benzene rings is 2. The lowest BCUT2D eigenvalue weighted by Gasteiger charge is -2.27. The van der Waals surface area contributed by atoms with E-state index in [2.05, 4.69) is 20.5 Å². The molecule has 168 valence electrons. The number of ether oxygens (including phenoxy) is 3. The first-order chi connectivity index (χ1) is 15.7. The number of anilines is 2. The minimum Gasteiger partial charge on any atom is -0.494 e. The quantitative estimate of drug-likeness (QED) is 0.422. The van der Waals surface area contributed by atoms with Gasteiger partial charge >= 0.3 is 0 Å². The zero-order valence-corrected chi connectivity index (χ0v) is 18.2. The summed E-state index contributed by atoms with van der Waals surface area (Å²) in [6.07, 6.45) is 2.80. The van der Waals surface area contributed by atoms with E-state index in [0.717, 1.165) is 28.3 Å². The molecule has 0 bridgehead atoms. The Balaban J connectivity index is 1.61. The van der Waals surface area contributed by atoms with Crippen molar-refractivity contribution in [3.05, 3.63) is 47.9 Å². The van der Waals surface area contributed by atoms with Crippen molar-refractivity contribution in [2.24, 2.45) is 5.10 Å². The zero-order valence-electron chi connectivity index (χ0n) is 18.2. The normalized spacial score (nSPS) is 14.2. The summed E-state index contributed by atoms with van der Waals surface area (Å²) in [5.41, 5.74) is 3.61. The molecule has 2 heterocycles. The molecule has 9 heteroatoms. The summed E-state index contributed by atoms with van der Waals surface area (Å²) in [4.78, 5) is 10.1. The second-order valence-corrected chi connectivity index (χ2v) is 7.06.